The molecule has 8 heteroatoms. The molecule has 19 heavy (non-hydrogen) atoms. The number of rotatable bonds is 1. The summed E-state index contributed by atoms with van der Waals surface area (Å²) in [5, 5.41) is 18.5. The second kappa shape index (κ2) is 4.29. The van der Waals surface area contributed by atoms with Gasteiger partial charge >= 0.3 is 12.4 Å². The highest BCUT2D eigenvalue weighted by atomic mass is 19.4. The van der Waals surface area contributed by atoms with E-state index in [-0.39, 0.29) is 11.6 Å². The molecule has 1 rings (SSSR count). The maximum absolute atomic E-state index is 12.6. The fraction of sp³-hybridized carbons (Fsp3) is 0.455. The molecule has 0 heterocycles. The number of phenolic OH excluding ortho intramolecular Hbond substituents is 1. The van der Waals surface area contributed by atoms with Crippen molar-refractivity contribution in [3.8, 4) is 5.75 Å². The number of aromatic hydroxyl groups is 1. The smallest absolute Gasteiger partial charge is 0.430 e. The zero-order chi connectivity index (χ0) is 15.2. The zero-order valence-corrected chi connectivity index (χ0v) is 9.82. The van der Waals surface area contributed by atoms with Crippen molar-refractivity contribution in [3.63, 3.8) is 0 Å². The number of alkyl halides is 6. The van der Waals surface area contributed by atoms with Gasteiger partial charge < -0.3 is 10.2 Å². The van der Waals surface area contributed by atoms with Crippen molar-refractivity contribution in [3.05, 3.63) is 28.8 Å². The van der Waals surface area contributed by atoms with Gasteiger partial charge in [0.1, 0.15) is 5.75 Å². The van der Waals surface area contributed by atoms with Crippen molar-refractivity contribution in [1.82, 2.24) is 0 Å². The zero-order valence-electron chi connectivity index (χ0n) is 9.82. The van der Waals surface area contributed by atoms with Crippen molar-refractivity contribution >= 4 is 0 Å². The van der Waals surface area contributed by atoms with Gasteiger partial charge in [-0.1, -0.05) is 6.07 Å². The van der Waals surface area contributed by atoms with Gasteiger partial charge in [-0.3, -0.25) is 0 Å². The summed E-state index contributed by atoms with van der Waals surface area (Å²) in [5.41, 5.74) is -6.77. The van der Waals surface area contributed by atoms with Gasteiger partial charge in [0.15, 0.2) is 0 Å². The molecule has 0 aromatic heterocycles. The average molecular weight is 288 g/mol. The van der Waals surface area contributed by atoms with E-state index in [4.69, 9.17) is 0 Å². The maximum atomic E-state index is 12.6. The molecule has 0 aliphatic rings. The molecule has 0 fully saturated rings. The van der Waals surface area contributed by atoms with E-state index in [1.165, 1.54) is 6.92 Å². The Morgan fingerprint density at radius 2 is 1.26 bits per heavy atom. The van der Waals surface area contributed by atoms with Crippen LogP contribution >= 0.6 is 0 Å². The Bertz CT molecular complexity index is 475. The van der Waals surface area contributed by atoms with Crippen LogP contribution in [0.4, 0.5) is 26.3 Å². The van der Waals surface area contributed by atoms with Crippen molar-refractivity contribution in [2.75, 3.05) is 0 Å². The van der Waals surface area contributed by atoms with E-state index in [2.05, 4.69) is 0 Å². The summed E-state index contributed by atoms with van der Waals surface area (Å²) in [6, 6.07) is 1.22. The lowest BCUT2D eigenvalue weighted by molar-refractivity contribution is -0.376. The van der Waals surface area contributed by atoms with Crippen molar-refractivity contribution in [1.29, 1.82) is 0 Å². The Hall–Kier alpha value is -1.44. The molecule has 1 aromatic rings. The minimum atomic E-state index is -5.96. The Morgan fingerprint density at radius 3 is 1.63 bits per heavy atom. The quantitative estimate of drug-likeness (QED) is 0.778. The van der Waals surface area contributed by atoms with Crippen LogP contribution in [0.2, 0.25) is 0 Å². The molecule has 1 aromatic carbocycles. The van der Waals surface area contributed by atoms with Crippen LogP contribution < -0.4 is 0 Å². The van der Waals surface area contributed by atoms with Crippen LogP contribution in [-0.2, 0) is 5.60 Å². The molecule has 0 spiro atoms. The van der Waals surface area contributed by atoms with Gasteiger partial charge in [-0.25, -0.2) is 0 Å². The van der Waals surface area contributed by atoms with Gasteiger partial charge in [-0.2, -0.15) is 26.3 Å². The Morgan fingerprint density at radius 1 is 0.842 bits per heavy atom. The number of aliphatic hydroxyl groups is 1. The van der Waals surface area contributed by atoms with E-state index < -0.39 is 34.8 Å². The molecule has 0 amide bonds. The SMILES string of the molecule is Cc1cc(C)c(C(O)(C(F)(F)F)C(F)(F)F)cc1O. The number of phenols is 1. The third-order valence-corrected chi connectivity index (χ3v) is 2.75. The molecule has 108 valence electrons. The predicted octanol–water partition coefficient (Wildman–Crippen LogP) is 3.32. The first-order valence-corrected chi connectivity index (χ1v) is 4.99. The Kier molecular flexibility index (Phi) is 3.53. The summed E-state index contributed by atoms with van der Waals surface area (Å²) in [5.74, 6) is -0.757. The summed E-state index contributed by atoms with van der Waals surface area (Å²) in [4.78, 5) is 0. The Labute approximate surface area is 104 Å². The lowest BCUT2D eigenvalue weighted by Crippen LogP contribution is -2.54. The molecule has 0 aliphatic carbocycles. The number of hydrogen-bond acceptors (Lipinski definition) is 2. The first-order valence-electron chi connectivity index (χ1n) is 4.99. The van der Waals surface area contributed by atoms with Crippen LogP contribution in [0.3, 0.4) is 0 Å². The van der Waals surface area contributed by atoms with Gasteiger partial charge in [0, 0.05) is 5.56 Å². The van der Waals surface area contributed by atoms with Crippen molar-refractivity contribution in [2.24, 2.45) is 0 Å². The third-order valence-electron chi connectivity index (χ3n) is 2.75. The fourth-order valence-electron chi connectivity index (χ4n) is 1.70. The van der Waals surface area contributed by atoms with Crippen LogP contribution in [0, 0.1) is 13.8 Å². The highest BCUT2D eigenvalue weighted by molar-refractivity contribution is 5.44. The van der Waals surface area contributed by atoms with E-state index in [0.29, 0.717) is 0 Å². The van der Waals surface area contributed by atoms with E-state index in [1.54, 1.807) is 0 Å². The molecule has 2 nitrogen and oxygen atoms in total. The standard InChI is InChI=1S/C11H10F6O2/c1-5-3-6(2)8(18)4-7(5)9(19,10(12,13)14)11(15,16)17/h3-4,18-19H,1-2H3. The molecule has 0 aliphatic heterocycles. The highest BCUT2D eigenvalue weighted by Gasteiger charge is 2.71. The molecule has 0 unspecified atom stereocenters. The lowest BCUT2D eigenvalue weighted by Gasteiger charge is -2.33. The normalized spacial score (nSPS) is 13.7. The van der Waals surface area contributed by atoms with Crippen LogP contribution in [0.5, 0.6) is 5.75 Å². The first kappa shape index (κ1) is 15.6. The summed E-state index contributed by atoms with van der Waals surface area (Å²) in [6.07, 6.45) is -11.9. The summed E-state index contributed by atoms with van der Waals surface area (Å²) < 4.78 is 75.9. The number of hydrogen-bond donors (Lipinski definition) is 2. The fourth-order valence-corrected chi connectivity index (χ4v) is 1.70. The number of benzene rings is 1. The third kappa shape index (κ3) is 2.36. The molecule has 0 radical (unpaired) electrons. The minimum absolute atomic E-state index is 0.105. The number of aryl methyl sites for hydroxylation is 2. The molecule has 0 bridgehead atoms. The molecule has 0 saturated heterocycles. The van der Waals surface area contributed by atoms with Gasteiger partial charge in [-0.15, -0.1) is 0 Å². The van der Waals surface area contributed by atoms with Gasteiger partial charge in [0.2, 0.25) is 0 Å². The molecule has 0 saturated carbocycles. The Balaban J connectivity index is 3.66. The largest absolute Gasteiger partial charge is 0.508 e. The second-order valence-electron chi connectivity index (χ2n) is 4.16. The van der Waals surface area contributed by atoms with Crippen molar-refractivity contribution in [2.45, 2.75) is 31.8 Å². The second-order valence-corrected chi connectivity index (χ2v) is 4.16. The maximum Gasteiger partial charge on any atom is 0.430 e. The van der Waals surface area contributed by atoms with E-state index in [1.807, 2.05) is 0 Å². The minimum Gasteiger partial charge on any atom is -0.508 e. The summed E-state index contributed by atoms with van der Waals surface area (Å²) >= 11 is 0. The lowest BCUT2D eigenvalue weighted by atomic mass is 9.87. The van der Waals surface area contributed by atoms with Crippen LogP contribution in [-0.4, -0.2) is 22.6 Å². The van der Waals surface area contributed by atoms with Crippen LogP contribution in [0.15, 0.2) is 12.1 Å². The average Bonchev–Trinajstić information content (AvgIpc) is 2.19. The van der Waals surface area contributed by atoms with Crippen molar-refractivity contribution < 1.29 is 36.6 Å². The molecule has 2 N–H and O–H groups in total. The highest BCUT2D eigenvalue weighted by Crippen LogP contribution is 2.51. The van der Waals surface area contributed by atoms with Gasteiger partial charge in [0.05, 0.1) is 0 Å². The molecular weight excluding hydrogens is 278 g/mol. The van der Waals surface area contributed by atoms with Gasteiger partial charge in [0.25, 0.3) is 5.60 Å². The summed E-state index contributed by atoms with van der Waals surface area (Å²) in [7, 11) is 0. The van der Waals surface area contributed by atoms with E-state index in [9.17, 15) is 36.6 Å². The summed E-state index contributed by atoms with van der Waals surface area (Å²) in [6.45, 7) is 2.30. The monoisotopic (exact) mass is 288 g/mol. The van der Waals surface area contributed by atoms with Gasteiger partial charge in [-0.05, 0) is 31.0 Å². The predicted molar refractivity (Wildman–Crippen MR) is 53.6 cm³/mol. The van der Waals surface area contributed by atoms with Crippen LogP contribution in [0.25, 0.3) is 0 Å². The van der Waals surface area contributed by atoms with Crippen LogP contribution in [0.1, 0.15) is 16.7 Å². The molecule has 0 atom stereocenters. The number of halogens is 6. The first-order chi connectivity index (χ1) is 8.32. The molecular formula is C11H10F6O2. The topological polar surface area (TPSA) is 40.5 Å². The van der Waals surface area contributed by atoms with E-state index in [0.717, 1.165) is 13.0 Å². The van der Waals surface area contributed by atoms with E-state index >= 15 is 0 Å².